The molecule has 3 aliphatic rings. The van der Waals surface area contributed by atoms with E-state index in [2.05, 4.69) is 195 Å². The second-order valence-electron chi connectivity index (χ2n) is 16.0. The summed E-state index contributed by atoms with van der Waals surface area (Å²) in [5.74, 6) is 2.47. The number of hydrogen-bond acceptors (Lipinski definition) is 3. The van der Waals surface area contributed by atoms with E-state index in [-0.39, 0.29) is 5.41 Å². The van der Waals surface area contributed by atoms with Gasteiger partial charge in [-0.1, -0.05) is 147 Å². The summed E-state index contributed by atoms with van der Waals surface area (Å²) in [5.41, 5.74) is 16.9. The molecule has 8 aromatic carbocycles. The fraction of sp³-hybridized carbons (Fsp3) is 0.0741. The number of benzene rings is 8. The molecule has 1 atom stereocenters. The van der Waals surface area contributed by atoms with Gasteiger partial charge in [0.2, 0.25) is 0 Å². The maximum atomic E-state index is 6.92. The van der Waals surface area contributed by atoms with Crippen LogP contribution in [0.1, 0.15) is 47.4 Å². The number of hydrogen-bond donors (Lipinski definition) is 0. The number of rotatable bonds is 4. The summed E-state index contributed by atoms with van der Waals surface area (Å²) in [6, 6.07) is 68.1. The molecule has 0 saturated carbocycles. The summed E-state index contributed by atoms with van der Waals surface area (Å²) < 4.78 is 13.7. The third kappa shape index (κ3) is 4.37. The van der Waals surface area contributed by atoms with Crippen LogP contribution in [0.15, 0.2) is 192 Å². The van der Waals surface area contributed by atoms with E-state index in [0.717, 1.165) is 50.9 Å². The monoisotopic (exact) mass is 731 g/mol. The predicted octanol–water partition coefficient (Wildman–Crippen LogP) is 14.3. The Labute approximate surface area is 332 Å². The molecule has 0 N–H and O–H groups in total. The standard InChI is InChI=1S/C54H37NO2/c1-53(2)44-22-9-6-19-39(44)41-29-27-38(33-48(41)53)55(36-18-14-17-35(31-36)34-15-4-3-5-16-34)37-28-30-46-43(32-37)40-20-7-10-23-45(40)54(46)47-24-11-13-26-50(47)56-51-42-21-8-12-25-49(42)57-52(51)54/h3-33H,1-2H3. The normalized spacial score (nSPS) is 16.2. The molecule has 0 amide bonds. The van der Waals surface area contributed by atoms with Crippen molar-refractivity contribution in [3.8, 4) is 44.9 Å². The van der Waals surface area contributed by atoms with Crippen LogP contribution in [-0.2, 0) is 10.8 Å². The van der Waals surface area contributed by atoms with E-state index in [1.165, 1.54) is 55.6 Å². The van der Waals surface area contributed by atoms with Crippen molar-refractivity contribution in [3.63, 3.8) is 0 Å². The third-order valence-corrected chi connectivity index (χ3v) is 12.7. The quantitative estimate of drug-likeness (QED) is 0.180. The molecule has 12 rings (SSSR count). The van der Waals surface area contributed by atoms with Gasteiger partial charge in [-0.25, -0.2) is 0 Å². The lowest BCUT2D eigenvalue weighted by atomic mass is 9.69. The molecule has 1 aromatic heterocycles. The van der Waals surface area contributed by atoms with E-state index >= 15 is 0 Å². The van der Waals surface area contributed by atoms with Gasteiger partial charge >= 0.3 is 0 Å². The molecular weight excluding hydrogens is 695 g/mol. The van der Waals surface area contributed by atoms with Crippen molar-refractivity contribution in [3.05, 3.63) is 222 Å². The molecule has 0 radical (unpaired) electrons. The third-order valence-electron chi connectivity index (χ3n) is 12.7. The molecule has 1 unspecified atom stereocenters. The second kappa shape index (κ2) is 11.7. The van der Waals surface area contributed by atoms with Crippen molar-refractivity contribution < 1.29 is 9.15 Å². The molecule has 1 spiro atoms. The van der Waals surface area contributed by atoms with Crippen molar-refractivity contribution in [2.75, 3.05) is 4.90 Å². The topological polar surface area (TPSA) is 25.6 Å². The van der Waals surface area contributed by atoms with E-state index < -0.39 is 5.41 Å². The van der Waals surface area contributed by atoms with Crippen molar-refractivity contribution >= 4 is 28.0 Å². The van der Waals surface area contributed by atoms with Crippen molar-refractivity contribution in [1.82, 2.24) is 0 Å². The average molecular weight is 732 g/mol. The van der Waals surface area contributed by atoms with Crippen molar-refractivity contribution in [2.45, 2.75) is 24.7 Å². The zero-order valence-electron chi connectivity index (χ0n) is 31.7. The van der Waals surface area contributed by atoms with Gasteiger partial charge in [0, 0.05) is 28.0 Å². The van der Waals surface area contributed by atoms with Crippen LogP contribution in [0.5, 0.6) is 11.5 Å². The Balaban J connectivity index is 1.11. The summed E-state index contributed by atoms with van der Waals surface area (Å²) in [6.07, 6.45) is 0. The highest BCUT2D eigenvalue weighted by Crippen LogP contribution is 2.64. The largest absolute Gasteiger partial charge is 0.455 e. The summed E-state index contributed by atoms with van der Waals surface area (Å²) in [6.45, 7) is 4.71. The van der Waals surface area contributed by atoms with E-state index in [1.54, 1.807) is 0 Å². The van der Waals surface area contributed by atoms with Gasteiger partial charge in [-0.3, -0.25) is 0 Å². The lowest BCUT2D eigenvalue weighted by Gasteiger charge is -2.36. The van der Waals surface area contributed by atoms with E-state index in [9.17, 15) is 0 Å². The summed E-state index contributed by atoms with van der Waals surface area (Å²) in [4.78, 5) is 2.43. The van der Waals surface area contributed by atoms with E-state index in [0.29, 0.717) is 0 Å². The van der Waals surface area contributed by atoms with Gasteiger partial charge in [0.1, 0.15) is 16.7 Å². The van der Waals surface area contributed by atoms with Crippen LogP contribution in [-0.4, -0.2) is 0 Å². The van der Waals surface area contributed by atoms with Gasteiger partial charge < -0.3 is 14.1 Å². The lowest BCUT2D eigenvalue weighted by Crippen LogP contribution is -2.31. The molecule has 3 heteroatoms. The smallest absolute Gasteiger partial charge is 0.178 e. The lowest BCUT2D eigenvalue weighted by molar-refractivity contribution is 0.389. The SMILES string of the molecule is CC1(C)c2ccccc2-c2ccc(N(c3cccc(-c4ccccc4)c3)c3ccc4c(c3)-c3ccccc3C43c4ccccc4Oc4c3oc3ccccc43)cc21. The highest BCUT2D eigenvalue weighted by atomic mass is 16.5. The predicted molar refractivity (Wildman–Crippen MR) is 231 cm³/mol. The first-order valence-corrected chi connectivity index (χ1v) is 19.8. The van der Waals surface area contributed by atoms with Crippen LogP contribution in [0, 0.1) is 0 Å². The number of furan rings is 1. The number of ether oxygens (including phenoxy) is 1. The molecule has 0 bridgehead atoms. The minimum atomic E-state index is -0.699. The van der Waals surface area contributed by atoms with Gasteiger partial charge in [0.15, 0.2) is 11.5 Å². The van der Waals surface area contributed by atoms with Crippen LogP contribution in [0.3, 0.4) is 0 Å². The van der Waals surface area contributed by atoms with Crippen molar-refractivity contribution in [2.24, 2.45) is 0 Å². The van der Waals surface area contributed by atoms with Gasteiger partial charge in [-0.2, -0.15) is 0 Å². The first-order valence-electron chi connectivity index (χ1n) is 19.8. The number of para-hydroxylation sites is 2. The van der Waals surface area contributed by atoms with Crippen LogP contribution < -0.4 is 9.64 Å². The molecular formula is C54H37NO2. The fourth-order valence-electron chi connectivity index (χ4n) is 10.1. The molecule has 9 aromatic rings. The van der Waals surface area contributed by atoms with Gasteiger partial charge in [-0.15, -0.1) is 0 Å². The zero-order chi connectivity index (χ0) is 37.9. The van der Waals surface area contributed by atoms with Gasteiger partial charge in [0.05, 0.1) is 5.39 Å². The minimum absolute atomic E-state index is 0.135. The number of fused-ring (bicyclic) bond motifs is 14. The second-order valence-corrected chi connectivity index (χ2v) is 16.0. The molecule has 3 nitrogen and oxygen atoms in total. The van der Waals surface area contributed by atoms with Crippen LogP contribution in [0.4, 0.5) is 17.1 Å². The molecule has 57 heavy (non-hydrogen) atoms. The maximum absolute atomic E-state index is 6.92. The molecule has 2 aliphatic carbocycles. The van der Waals surface area contributed by atoms with Crippen LogP contribution >= 0.6 is 0 Å². The average Bonchev–Trinajstić information content (AvgIpc) is 3.86. The Morgan fingerprint density at radius 2 is 1.04 bits per heavy atom. The minimum Gasteiger partial charge on any atom is -0.455 e. The maximum Gasteiger partial charge on any atom is 0.178 e. The fourth-order valence-corrected chi connectivity index (χ4v) is 10.1. The summed E-state index contributed by atoms with van der Waals surface area (Å²) in [7, 11) is 0. The Hall–Kier alpha value is -7.10. The van der Waals surface area contributed by atoms with Crippen LogP contribution in [0.25, 0.3) is 44.3 Å². The molecule has 0 fully saturated rings. The Bertz CT molecular complexity index is 3100. The summed E-state index contributed by atoms with van der Waals surface area (Å²) in [5, 5.41) is 0.982. The Morgan fingerprint density at radius 1 is 0.421 bits per heavy atom. The highest BCUT2D eigenvalue weighted by Gasteiger charge is 2.54. The molecule has 1 aliphatic heterocycles. The first-order chi connectivity index (χ1) is 28.0. The van der Waals surface area contributed by atoms with Crippen molar-refractivity contribution in [1.29, 1.82) is 0 Å². The Kier molecular flexibility index (Phi) is 6.61. The zero-order valence-corrected chi connectivity index (χ0v) is 31.7. The number of nitrogens with zero attached hydrogens (tertiary/aromatic N) is 1. The molecule has 2 heterocycles. The highest BCUT2D eigenvalue weighted by molar-refractivity contribution is 5.95. The molecule has 270 valence electrons. The van der Waals surface area contributed by atoms with Crippen LogP contribution in [0.2, 0.25) is 0 Å². The van der Waals surface area contributed by atoms with Gasteiger partial charge in [0.25, 0.3) is 0 Å². The number of anilines is 3. The van der Waals surface area contributed by atoms with E-state index in [4.69, 9.17) is 9.15 Å². The van der Waals surface area contributed by atoms with Gasteiger partial charge in [-0.05, 0) is 110 Å². The van der Waals surface area contributed by atoms with E-state index in [1.807, 2.05) is 12.1 Å². The Morgan fingerprint density at radius 3 is 1.89 bits per heavy atom. The first kappa shape index (κ1) is 32.2. The molecule has 0 saturated heterocycles. The summed E-state index contributed by atoms with van der Waals surface area (Å²) >= 11 is 0.